The van der Waals surface area contributed by atoms with Crippen molar-refractivity contribution in [2.75, 3.05) is 17.7 Å². The van der Waals surface area contributed by atoms with Crippen LogP contribution in [-0.2, 0) is 11.3 Å². The second kappa shape index (κ2) is 10.6. The monoisotopic (exact) mass is 428 g/mol. The van der Waals surface area contributed by atoms with Gasteiger partial charge in [-0.3, -0.25) is 9.59 Å². The van der Waals surface area contributed by atoms with E-state index in [0.717, 1.165) is 22.6 Å². The van der Waals surface area contributed by atoms with Gasteiger partial charge in [-0.15, -0.1) is 10.2 Å². The number of carbonyl (C=O) groups excluding carboxylic acids is 2. The Labute approximate surface area is 176 Å². The van der Waals surface area contributed by atoms with Crippen molar-refractivity contribution in [3.05, 3.63) is 65.2 Å². The lowest BCUT2D eigenvalue weighted by atomic mass is 10.2. The molecule has 0 unspecified atom stereocenters. The molecule has 0 aliphatic rings. The summed E-state index contributed by atoms with van der Waals surface area (Å²) in [6.07, 6.45) is 0. The van der Waals surface area contributed by atoms with Crippen LogP contribution in [0, 0.1) is 0 Å². The molecule has 1 aromatic heterocycles. The average molecular weight is 429 g/mol. The fourth-order valence-corrected chi connectivity index (χ4v) is 3.96. The highest BCUT2D eigenvalue weighted by Gasteiger charge is 2.14. The van der Waals surface area contributed by atoms with Crippen LogP contribution >= 0.6 is 23.1 Å². The summed E-state index contributed by atoms with van der Waals surface area (Å²) >= 11 is 2.40. The number of carbonyl (C=O) groups is 2. The third-order valence-electron chi connectivity index (χ3n) is 3.71. The Hall–Kier alpha value is -2.91. The van der Waals surface area contributed by atoms with Crippen molar-refractivity contribution in [2.24, 2.45) is 0 Å². The van der Waals surface area contributed by atoms with Crippen LogP contribution in [0.15, 0.2) is 58.9 Å². The van der Waals surface area contributed by atoms with Gasteiger partial charge in [-0.1, -0.05) is 59.5 Å². The molecule has 150 valence electrons. The molecule has 3 rings (SSSR count). The van der Waals surface area contributed by atoms with Crippen LogP contribution in [0.3, 0.4) is 0 Å². The first-order chi connectivity index (χ1) is 14.2. The van der Waals surface area contributed by atoms with Gasteiger partial charge < -0.3 is 15.4 Å². The maximum atomic E-state index is 12.2. The zero-order valence-corrected chi connectivity index (χ0v) is 17.4. The summed E-state index contributed by atoms with van der Waals surface area (Å²) in [7, 11) is 0. The van der Waals surface area contributed by atoms with Gasteiger partial charge in [0.1, 0.15) is 5.75 Å². The first-order valence-corrected chi connectivity index (χ1v) is 10.8. The zero-order valence-electron chi connectivity index (χ0n) is 15.8. The molecule has 0 fully saturated rings. The Balaban J connectivity index is 1.47. The summed E-state index contributed by atoms with van der Waals surface area (Å²) in [5, 5.41) is 13.8. The molecule has 0 saturated heterocycles. The molecule has 0 bridgehead atoms. The number of para-hydroxylation sites is 2. The van der Waals surface area contributed by atoms with Crippen molar-refractivity contribution in [3.63, 3.8) is 0 Å². The smallest absolute Gasteiger partial charge is 0.286 e. The van der Waals surface area contributed by atoms with E-state index in [1.54, 1.807) is 12.1 Å². The third-order valence-corrected chi connectivity index (χ3v) is 5.76. The van der Waals surface area contributed by atoms with Gasteiger partial charge >= 0.3 is 0 Å². The molecule has 0 radical (unpaired) electrons. The van der Waals surface area contributed by atoms with Gasteiger partial charge in [0.15, 0.2) is 4.34 Å². The van der Waals surface area contributed by atoms with Crippen LogP contribution < -0.4 is 15.4 Å². The van der Waals surface area contributed by atoms with Crippen LogP contribution in [-0.4, -0.2) is 34.4 Å². The van der Waals surface area contributed by atoms with Crippen LogP contribution in [0.1, 0.15) is 22.3 Å². The number of thioether (sulfide) groups is 1. The molecule has 2 amide bonds. The molecule has 0 saturated carbocycles. The molecule has 2 N–H and O–H groups in total. The Bertz CT molecular complexity index is 963. The molecule has 0 aliphatic carbocycles. The van der Waals surface area contributed by atoms with E-state index in [1.807, 2.05) is 49.4 Å². The van der Waals surface area contributed by atoms with E-state index in [2.05, 4.69) is 20.8 Å². The van der Waals surface area contributed by atoms with E-state index in [4.69, 9.17) is 4.74 Å². The predicted octanol–water partition coefficient (Wildman–Crippen LogP) is 3.60. The third kappa shape index (κ3) is 6.30. The minimum absolute atomic E-state index is 0.133. The number of nitrogens with zero attached hydrogens (tertiary/aromatic N) is 2. The Morgan fingerprint density at radius 1 is 1.07 bits per heavy atom. The number of ether oxygens (including phenoxy) is 1. The molecule has 0 aliphatic heterocycles. The van der Waals surface area contributed by atoms with Crippen molar-refractivity contribution in [3.8, 4) is 5.75 Å². The summed E-state index contributed by atoms with van der Waals surface area (Å²) in [5.74, 6) is 0.497. The first kappa shape index (κ1) is 20.8. The standard InChI is InChI=1S/C20H20N4O3S2/c1-2-27-16-11-7-6-8-14(16)12-21-17(25)13-28-20-24-23-19(29-20)18(26)22-15-9-4-3-5-10-15/h3-11H,2,12-13H2,1H3,(H,21,25)(H,22,26). The molecular formula is C20H20N4O3S2. The quantitative estimate of drug-likeness (QED) is 0.506. The molecule has 1 heterocycles. The average Bonchev–Trinajstić information content (AvgIpc) is 3.22. The second-order valence-electron chi connectivity index (χ2n) is 5.80. The van der Waals surface area contributed by atoms with Crippen LogP contribution in [0.25, 0.3) is 0 Å². The molecule has 0 atom stereocenters. The summed E-state index contributed by atoms with van der Waals surface area (Å²) in [6, 6.07) is 16.7. The first-order valence-electron chi connectivity index (χ1n) is 8.96. The number of benzene rings is 2. The Morgan fingerprint density at radius 3 is 2.62 bits per heavy atom. The molecule has 0 spiro atoms. The number of anilines is 1. The van der Waals surface area contributed by atoms with Crippen molar-refractivity contribution in [2.45, 2.75) is 17.8 Å². The van der Waals surface area contributed by atoms with Crippen LogP contribution in [0.2, 0.25) is 0 Å². The van der Waals surface area contributed by atoms with E-state index >= 15 is 0 Å². The molecule has 7 nitrogen and oxygen atoms in total. The number of amides is 2. The summed E-state index contributed by atoms with van der Waals surface area (Å²) < 4.78 is 6.12. The summed E-state index contributed by atoms with van der Waals surface area (Å²) in [6.45, 7) is 2.87. The van der Waals surface area contributed by atoms with Crippen molar-refractivity contribution in [1.29, 1.82) is 0 Å². The fourth-order valence-electron chi connectivity index (χ4n) is 2.38. The van der Waals surface area contributed by atoms with Crippen LogP contribution in [0.4, 0.5) is 5.69 Å². The molecule has 3 aromatic rings. The zero-order chi connectivity index (χ0) is 20.5. The number of hydrogen-bond acceptors (Lipinski definition) is 7. The van der Waals surface area contributed by atoms with Crippen molar-refractivity contribution in [1.82, 2.24) is 15.5 Å². The molecule has 9 heteroatoms. The maximum absolute atomic E-state index is 12.2. The van der Waals surface area contributed by atoms with E-state index in [1.165, 1.54) is 11.8 Å². The van der Waals surface area contributed by atoms with Crippen LogP contribution in [0.5, 0.6) is 5.75 Å². The van der Waals surface area contributed by atoms with E-state index in [0.29, 0.717) is 23.2 Å². The number of nitrogens with one attached hydrogen (secondary N) is 2. The molecule has 29 heavy (non-hydrogen) atoms. The normalized spacial score (nSPS) is 10.4. The second-order valence-corrected chi connectivity index (χ2v) is 8.00. The van der Waals surface area contributed by atoms with Gasteiger partial charge in [0, 0.05) is 17.8 Å². The van der Waals surface area contributed by atoms with Gasteiger partial charge in [0.05, 0.1) is 12.4 Å². The number of hydrogen-bond donors (Lipinski definition) is 2. The largest absolute Gasteiger partial charge is 0.494 e. The maximum Gasteiger partial charge on any atom is 0.286 e. The van der Waals surface area contributed by atoms with Crippen molar-refractivity contribution < 1.29 is 14.3 Å². The lowest BCUT2D eigenvalue weighted by Gasteiger charge is -2.10. The Kier molecular flexibility index (Phi) is 7.60. The molecular weight excluding hydrogens is 408 g/mol. The minimum Gasteiger partial charge on any atom is -0.494 e. The highest BCUT2D eigenvalue weighted by Crippen LogP contribution is 2.23. The van der Waals surface area contributed by atoms with Gasteiger partial charge in [-0.2, -0.15) is 0 Å². The number of aromatic nitrogens is 2. The van der Waals surface area contributed by atoms with Gasteiger partial charge in [0.2, 0.25) is 10.9 Å². The topological polar surface area (TPSA) is 93.2 Å². The highest BCUT2D eigenvalue weighted by atomic mass is 32.2. The Morgan fingerprint density at radius 2 is 1.83 bits per heavy atom. The van der Waals surface area contributed by atoms with Gasteiger partial charge in [0.25, 0.3) is 5.91 Å². The van der Waals surface area contributed by atoms with E-state index in [9.17, 15) is 9.59 Å². The lowest BCUT2D eigenvalue weighted by Crippen LogP contribution is -2.24. The predicted molar refractivity (Wildman–Crippen MR) is 114 cm³/mol. The van der Waals surface area contributed by atoms with Gasteiger partial charge in [-0.25, -0.2) is 0 Å². The highest BCUT2D eigenvalue weighted by molar-refractivity contribution is 8.01. The van der Waals surface area contributed by atoms with Crippen molar-refractivity contribution >= 4 is 40.6 Å². The van der Waals surface area contributed by atoms with E-state index in [-0.39, 0.29) is 22.6 Å². The molecule has 2 aromatic carbocycles. The fraction of sp³-hybridized carbons (Fsp3) is 0.200. The SMILES string of the molecule is CCOc1ccccc1CNC(=O)CSc1nnc(C(=O)Nc2ccccc2)s1. The minimum atomic E-state index is -0.322. The summed E-state index contributed by atoms with van der Waals surface area (Å²) in [5.41, 5.74) is 1.61. The number of rotatable bonds is 9. The summed E-state index contributed by atoms with van der Waals surface area (Å²) in [4.78, 5) is 24.4. The lowest BCUT2D eigenvalue weighted by molar-refractivity contribution is -0.118. The van der Waals surface area contributed by atoms with Gasteiger partial charge in [-0.05, 0) is 25.1 Å². The van der Waals surface area contributed by atoms with E-state index < -0.39 is 0 Å².